The minimum atomic E-state index is 0.000697. The topological polar surface area (TPSA) is 46.9 Å². The molecule has 0 atom stereocenters. The maximum absolute atomic E-state index is 11.7. The molecule has 0 radical (unpaired) electrons. The summed E-state index contributed by atoms with van der Waals surface area (Å²) in [6.45, 7) is 0. The van der Waals surface area contributed by atoms with Crippen LogP contribution in [0.2, 0.25) is 0 Å². The molecule has 1 aliphatic carbocycles. The van der Waals surface area contributed by atoms with Crippen LogP contribution in [0.1, 0.15) is 37.7 Å². The Hall–Kier alpha value is -1.58. The van der Waals surface area contributed by atoms with E-state index in [4.69, 9.17) is 0 Å². The van der Waals surface area contributed by atoms with Crippen LogP contribution in [0, 0.1) is 0 Å². The molecule has 1 aliphatic rings. The smallest absolute Gasteiger partial charge is 0.244 e. The van der Waals surface area contributed by atoms with E-state index in [0.717, 1.165) is 18.4 Å². The maximum atomic E-state index is 11.7. The van der Waals surface area contributed by atoms with Crippen LogP contribution < -0.4 is 5.32 Å². The normalized spacial score (nSPS) is 17.5. The lowest BCUT2D eigenvalue weighted by Crippen LogP contribution is -2.34. The Labute approximate surface area is 102 Å². The van der Waals surface area contributed by atoms with Gasteiger partial charge in [-0.25, -0.2) is 0 Å². The Morgan fingerprint density at radius 1 is 1.47 bits per heavy atom. The summed E-state index contributed by atoms with van der Waals surface area (Å²) in [5, 5.41) is 7.09. The van der Waals surface area contributed by atoms with Crippen LogP contribution in [-0.4, -0.2) is 21.7 Å². The van der Waals surface area contributed by atoms with E-state index in [1.807, 2.05) is 13.2 Å². The van der Waals surface area contributed by atoms with E-state index in [9.17, 15) is 4.79 Å². The van der Waals surface area contributed by atoms with Crippen molar-refractivity contribution in [2.75, 3.05) is 0 Å². The summed E-state index contributed by atoms with van der Waals surface area (Å²) in [6.07, 6.45) is 13.0. The van der Waals surface area contributed by atoms with E-state index in [-0.39, 0.29) is 5.91 Å². The first-order valence-corrected chi connectivity index (χ1v) is 6.21. The molecular formula is C13H19N3O. The fourth-order valence-electron chi connectivity index (χ4n) is 2.19. The molecule has 2 rings (SSSR count). The van der Waals surface area contributed by atoms with Gasteiger partial charge >= 0.3 is 0 Å². The van der Waals surface area contributed by atoms with Gasteiger partial charge in [-0.15, -0.1) is 0 Å². The van der Waals surface area contributed by atoms with Crippen LogP contribution >= 0.6 is 0 Å². The molecule has 0 aliphatic heterocycles. The van der Waals surface area contributed by atoms with Crippen molar-refractivity contribution in [2.24, 2.45) is 7.05 Å². The van der Waals surface area contributed by atoms with Crippen molar-refractivity contribution in [1.82, 2.24) is 15.1 Å². The molecule has 1 saturated carbocycles. The lowest BCUT2D eigenvalue weighted by Gasteiger charge is -2.21. The molecule has 92 valence electrons. The minimum Gasteiger partial charge on any atom is -0.350 e. The lowest BCUT2D eigenvalue weighted by molar-refractivity contribution is -0.117. The van der Waals surface area contributed by atoms with Gasteiger partial charge in [0.15, 0.2) is 0 Å². The standard InChI is InChI=1S/C13H19N3O/c1-16-10-11(9-14-16)7-8-13(17)15-12-5-3-2-4-6-12/h7-10,12H,2-6H2,1H3,(H,15,17)/b8-7+. The SMILES string of the molecule is Cn1cc(/C=C/C(=O)NC2CCCCC2)cn1. The molecule has 1 N–H and O–H groups in total. The molecule has 0 unspecified atom stereocenters. The van der Waals surface area contributed by atoms with Crippen LogP contribution in [0.4, 0.5) is 0 Å². The Morgan fingerprint density at radius 2 is 2.24 bits per heavy atom. The summed E-state index contributed by atoms with van der Waals surface area (Å²) in [4.78, 5) is 11.7. The second-order valence-corrected chi connectivity index (χ2v) is 4.62. The Morgan fingerprint density at radius 3 is 2.88 bits per heavy atom. The van der Waals surface area contributed by atoms with E-state index in [0.29, 0.717) is 6.04 Å². The fraction of sp³-hybridized carbons (Fsp3) is 0.538. The van der Waals surface area contributed by atoms with Crippen molar-refractivity contribution >= 4 is 12.0 Å². The Balaban J connectivity index is 1.82. The van der Waals surface area contributed by atoms with E-state index in [1.165, 1.54) is 19.3 Å². The van der Waals surface area contributed by atoms with Crippen LogP contribution in [0.15, 0.2) is 18.5 Å². The number of amides is 1. The number of carbonyl (C=O) groups is 1. The summed E-state index contributed by atoms with van der Waals surface area (Å²) in [6, 6.07) is 0.370. The van der Waals surface area contributed by atoms with Gasteiger partial charge in [0.2, 0.25) is 5.91 Å². The third-order valence-electron chi connectivity index (χ3n) is 3.10. The third-order valence-corrected chi connectivity index (χ3v) is 3.10. The number of nitrogens with one attached hydrogen (secondary N) is 1. The minimum absolute atomic E-state index is 0.000697. The van der Waals surface area contributed by atoms with Crippen LogP contribution in [-0.2, 0) is 11.8 Å². The second-order valence-electron chi connectivity index (χ2n) is 4.62. The van der Waals surface area contributed by atoms with Gasteiger partial charge in [0, 0.05) is 30.9 Å². The quantitative estimate of drug-likeness (QED) is 0.810. The molecule has 0 aromatic carbocycles. The molecule has 17 heavy (non-hydrogen) atoms. The highest BCUT2D eigenvalue weighted by molar-refractivity contribution is 5.91. The summed E-state index contributed by atoms with van der Waals surface area (Å²) < 4.78 is 1.72. The first-order valence-electron chi connectivity index (χ1n) is 6.21. The molecule has 1 heterocycles. The average molecular weight is 233 g/mol. The third kappa shape index (κ3) is 3.73. The Bertz CT molecular complexity index is 403. The highest BCUT2D eigenvalue weighted by Gasteiger charge is 2.13. The zero-order valence-corrected chi connectivity index (χ0v) is 10.2. The molecule has 1 fully saturated rings. The summed E-state index contributed by atoms with van der Waals surface area (Å²) >= 11 is 0. The molecule has 1 aromatic heterocycles. The second kappa shape index (κ2) is 5.66. The Kier molecular flexibility index (Phi) is 3.96. The van der Waals surface area contributed by atoms with Crippen molar-refractivity contribution in [3.63, 3.8) is 0 Å². The molecule has 4 nitrogen and oxygen atoms in total. The number of aromatic nitrogens is 2. The van der Waals surface area contributed by atoms with Gasteiger partial charge in [-0.1, -0.05) is 19.3 Å². The van der Waals surface area contributed by atoms with Gasteiger partial charge < -0.3 is 5.32 Å². The number of nitrogens with zero attached hydrogens (tertiary/aromatic N) is 2. The fourth-order valence-corrected chi connectivity index (χ4v) is 2.19. The predicted octanol–water partition coefficient (Wildman–Crippen LogP) is 1.88. The molecular weight excluding hydrogens is 214 g/mol. The number of hydrogen-bond acceptors (Lipinski definition) is 2. The van der Waals surface area contributed by atoms with Crippen molar-refractivity contribution in [1.29, 1.82) is 0 Å². The van der Waals surface area contributed by atoms with Gasteiger partial charge in [-0.2, -0.15) is 5.10 Å². The maximum Gasteiger partial charge on any atom is 0.244 e. The van der Waals surface area contributed by atoms with Gasteiger partial charge in [0.1, 0.15) is 0 Å². The molecule has 0 spiro atoms. The molecule has 1 amide bonds. The zero-order chi connectivity index (χ0) is 12.1. The summed E-state index contributed by atoms with van der Waals surface area (Å²) in [5.41, 5.74) is 0.950. The summed E-state index contributed by atoms with van der Waals surface area (Å²) in [5.74, 6) is 0.000697. The lowest BCUT2D eigenvalue weighted by atomic mass is 9.95. The van der Waals surface area contributed by atoms with Crippen molar-refractivity contribution < 1.29 is 4.79 Å². The molecule has 1 aromatic rings. The van der Waals surface area contributed by atoms with Crippen molar-refractivity contribution in [2.45, 2.75) is 38.1 Å². The van der Waals surface area contributed by atoms with Gasteiger partial charge in [0.25, 0.3) is 0 Å². The van der Waals surface area contributed by atoms with E-state index in [1.54, 1.807) is 23.0 Å². The number of aryl methyl sites for hydroxylation is 1. The van der Waals surface area contributed by atoms with Crippen molar-refractivity contribution in [3.8, 4) is 0 Å². The molecule has 4 heteroatoms. The van der Waals surface area contributed by atoms with E-state index in [2.05, 4.69) is 10.4 Å². The van der Waals surface area contributed by atoms with Crippen molar-refractivity contribution in [3.05, 3.63) is 24.0 Å². The highest BCUT2D eigenvalue weighted by atomic mass is 16.1. The highest BCUT2D eigenvalue weighted by Crippen LogP contribution is 2.17. The van der Waals surface area contributed by atoms with Crippen LogP contribution in [0.3, 0.4) is 0 Å². The molecule has 0 saturated heterocycles. The van der Waals surface area contributed by atoms with E-state index >= 15 is 0 Å². The van der Waals surface area contributed by atoms with Crippen LogP contribution in [0.5, 0.6) is 0 Å². The average Bonchev–Trinajstić information content (AvgIpc) is 2.74. The number of carbonyl (C=O) groups excluding carboxylic acids is 1. The first-order chi connectivity index (χ1) is 8.24. The van der Waals surface area contributed by atoms with Gasteiger partial charge in [-0.05, 0) is 18.9 Å². The summed E-state index contributed by atoms with van der Waals surface area (Å²) in [7, 11) is 1.86. The largest absolute Gasteiger partial charge is 0.350 e. The van der Waals surface area contributed by atoms with E-state index < -0.39 is 0 Å². The predicted molar refractivity (Wildman–Crippen MR) is 67.3 cm³/mol. The molecule has 0 bridgehead atoms. The van der Waals surface area contributed by atoms with Gasteiger partial charge in [-0.3, -0.25) is 9.48 Å². The van der Waals surface area contributed by atoms with Gasteiger partial charge in [0.05, 0.1) is 6.20 Å². The first kappa shape index (κ1) is 11.9. The number of hydrogen-bond donors (Lipinski definition) is 1. The zero-order valence-electron chi connectivity index (χ0n) is 10.2. The number of rotatable bonds is 3. The monoisotopic (exact) mass is 233 g/mol. The van der Waals surface area contributed by atoms with Crippen LogP contribution in [0.25, 0.3) is 6.08 Å².